The fourth-order valence-corrected chi connectivity index (χ4v) is 3.68. The lowest BCUT2D eigenvalue weighted by molar-refractivity contribution is 0.138. The average Bonchev–Trinajstić information content (AvgIpc) is 2.95. The van der Waals surface area contributed by atoms with Crippen molar-refractivity contribution in [2.45, 2.75) is 58.0 Å². The van der Waals surface area contributed by atoms with Crippen LogP contribution in [0.15, 0.2) is 30.3 Å². The molecular weight excluding hydrogens is 244 g/mol. The van der Waals surface area contributed by atoms with Gasteiger partial charge in [0, 0.05) is 18.6 Å². The van der Waals surface area contributed by atoms with Gasteiger partial charge >= 0.3 is 0 Å². The summed E-state index contributed by atoms with van der Waals surface area (Å²) >= 11 is 0. The summed E-state index contributed by atoms with van der Waals surface area (Å²) in [6.45, 7) is 9.03. The molecule has 3 atom stereocenters. The lowest BCUT2D eigenvalue weighted by Crippen LogP contribution is -2.46. The van der Waals surface area contributed by atoms with E-state index in [4.69, 9.17) is 5.73 Å². The van der Waals surface area contributed by atoms with Gasteiger partial charge in [0.1, 0.15) is 0 Å². The highest BCUT2D eigenvalue weighted by molar-refractivity contribution is 5.19. The van der Waals surface area contributed by atoms with Crippen LogP contribution in [0.5, 0.6) is 0 Å². The lowest BCUT2D eigenvalue weighted by Gasteiger charge is -2.36. The number of benzene rings is 1. The van der Waals surface area contributed by atoms with Crippen molar-refractivity contribution < 1.29 is 0 Å². The number of hydrogen-bond donors (Lipinski definition) is 1. The molecular formula is C18H30N2. The molecule has 2 rings (SSSR count). The second-order valence-corrected chi connectivity index (χ2v) is 6.63. The van der Waals surface area contributed by atoms with Gasteiger partial charge in [0.15, 0.2) is 0 Å². The van der Waals surface area contributed by atoms with Crippen molar-refractivity contribution in [3.05, 3.63) is 35.9 Å². The van der Waals surface area contributed by atoms with E-state index >= 15 is 0 Å². The van der Waals surface area contributed by atoms with Gasteiger partial charge in [-0.2, -0.15) is 0 Å². The maximum atomic E-state index is 6.10. The molecule has 1 heterocycles. The van der Waals surface area contributed by atoms with Crippen LogP contribution in [0, 0.1) is 5.92 Å². The van der Waals surface area contributed by atoms with Gasteiger partial charge in [-0.05, 0) is 43.2 Å². The van der Waals surface area contributed by atoms with Crippen molar-refractivity contribution in [3.63, 3.8) is 0 Å². The third kappa shape index (κ3) is 3.62. The number of nitrogens with two attached hydrogens (primary N) is 1. The standard InChI is InChI=1S/C18H30N2/c1-14(2)18-10-7-11-20(18)17(13-19)12-15(3)16-8-5-4-6-9-16/h4-6,8-9,14-15,17-18H,7,10-13,19H2,1-3H3. The molecule has 0 amide bonds. The van der Waals surface area contributed by atoms with Crippen LogP contribution in [0.4, 0.5) is 0 Å². The smallest absolute Gasteiger partial charge is 0.0227 e. The van der Waals surface area contributed by atoms with Crippen LogP contribution in [0.2, 0.25) is 0 Å². The normalized spacial score (nSPS) is 23.1. The van der Waals surface area contributed by atoms with Gasteiger partial charge in [0.25, 0.3) is 0 Å². The lowest BCUT2D eigenvalue weighted by atomic mass is 9.92. The van der Waals surface area contributed by atoms with Gasteiger partial charge in [-0.1, -0.05) is 51.1 Å². The Labute approximate surface area is 124 Å². The molecule has 0 aromatic heterocycles. The van der Waals surface area contributed by atoms with Crippen molar-refractivity contribution in [1.82, 2.24) is 4.90 Å². The Morgan fingerprint density at radius 3 is 2.50 bits per heavy atom. The minimum absolute atomic E-state index is 0.528. The van der Waals surface area contributed by atoms with Gasteiger partial charge in [-0.15, -0.1) is 0 Å². The summed E-state index contributed by atoms with van der Waals surface area (Å²) in [6, 6.07) is 12.1. The molecule has 0 saturated carbocycles. The van der Waals surface area contributed by atoms with E-state index in [1.165, 1.54) is 31.4 Å². The van der Waals surface area contributed by atoms with Gasteiger partial charge in [-0.3, -0.25) is 4.90 Å². The molecule has 1 aromatic rings. The van der Waals surface area contributed by atoms with E-state index in [0.29, 0.717) is 12.0 Å². The molecule has 1 saturated heterocycles. The number of hydrogen-bond acceptors (Lipinski definition) is 2. The SMILES string of the molecule is CC(CC(CN)N1CCCC1C(C)C)c1ccccc1. The molecule has 20 heavy (non-hydrogen) atoms. The van der Waals surface area contributed by atoms with Crippen LogP contribution in [-0.2, 0) is 0 Å². The van der Waals surface area contributed by atoms with Crippen molar-refractivity contribution in [2.75, 3.05) is 13.1 Å². The largest absolute Gasteiger partial charge is 0.329 e. The third-order valence-corrected chi connectivity index (χ3v) is 4.85. The summed E-state index contributed by atoms with van der Waals surface area (Å²) in [7, 11) is 0. The first kappa shape index (κ1) is 15.5. The zero-order valence-electron chi connectivity index (χ0n) is 13.3. The maximum Gasteiger partial charge on any atom is 0.0227 e. The monoisotopic (exact) mass is 274 g/mol. The fraction of sp³-hybridized carbons (Fsp3) is 0.667. The Balaban J connectivity index is 2.02. The number of rotatable bonds is 6. The van der Waals surface area contributed by atoms with Crippen LogP contribution in [0.1, 0.15) is 51.5 Å². The number of likely N-dealkylation sites (tertiary alicyclic amines) is 1. The molecule has 2 nitrogen and oxygen atoms in total. The zero-order chi connectivity index (χ0) is 14.5. The molecule has 0 bridgehead atoms. The summed E-state index contributed by atoms with van der Waals surface area (Å²) in [5.41, 5.74) is 7.54. The van der Waals surface area contributed by atoms with Crippen LogP contribution in [0.3, 0.4) is 0 Å². The first-order chi connectivity index (χ1) is 9.63. The molecule has 1 aliphatic heterocycles. The van der Waals surface area contributed by atoms with Gasteiger partial charge in [0.2, 0.25) is 0 Å². The Morgan fingerprint density at radius 1 is 1.20 bits per heavy atom. The average molecular weight is 274 g/mol. The molecule has 1 aliphatic rings. The van der Waals surface area contributed by atoms with Gasteiger partial charge in [0.05, 0.1) is 0 Å². The quantitative estimate of drug-likeness (QED) is 0.858. The predicted octanol–water partition coefficient (Wildman–Crippen LogP) is 3.63. The Kier molecular flexibility index (Phi) is 5.62. The summed E-state index contributed by atoms with van der Waals surface area (Å²) in [4.78, 5) is 2.68. The van der Waals surface area contributed by atoms with Crippen molar-refractivity contribution >= 4 is 0 Å². The summed E-state index contributed by atoms with van der Waals surface area (Å²) in [5, 5.41) is 0. The Hall–Kier alpha value is -0.860. The zero-order valence-corrected chi connectivity index (χ0v) is 13.3. The minimum Gasteiger partial charge on any atom is -0.329 e. The van der Waals surface area contributed by atoms with Crippen LogP contribution < -0.4 is 5.73 Å². The highest BCUT2D eigenvalue weighted by atomic mass is 15.2. The van der Waals surface area contributed by atoms with Crippen molar-refractivity contribution in [2.24, 2.45) is 11.7 Å². The first-order valence-electron chi connectivity index (χ1n) is 8.14. The molecule has 1 aromatic carbocycles. The Bertz CT molecular complexity index is 388. The molecule has 112 valence electrons. The summed E-state index contributed by atoms with van der Waals surface area (Å²) in [5.74, 6) is 1.32. The molecule has 0 radical (unpaired) electrons. The van der Waals surface area contributed by atoms with Gasteiger partial charge < -0.3 is 5.73 Å². The fourth-order valence-electron chi connectivity index (χ4n) is 3.68. The number of nitrogens with zero attached hydrogens (tertiary/aromatic N) is 1. The summed E-state index contributed by atoms with van der Waals surface area (Å²) < 4.78 is 0. The summed E-state index contributed by atoms with van der Waals surface area (Å²) in [6.07, 6.45) is 3.84. The van der Waals surface area contributed by atoms with Crippen LogP contribution in [-0.4, -0.2) is 30.1 Å². The van der Waals surface area contributed by atoms with E-state index in [9.17, 15) is 0 Å². The predicted molar refractivity (Wildman–Crippen MR) is 86.9 cm³/mol. The van der Waals surface area contributed by atoms with E-state index in [1.807, 2.05) is 0 Å². The van der Waals surface area contributed by atoms with Gasteiger partial charge in [-0.25, -0.2) is 0 Å². The minimum atomic E-state index is 0.528. The Morgan fingerprint density at radius 2 is 1.90 bits per heavy atom. The van der Waals surface area contributed by atoms with Crippen LogP contribution >= 0.6 is 0 Å². The first-order valence-corrected chi connectivity index (χ1v) is 8.14. The van der Waals surface area contributed by atoms with E-state index in [-0.39, 0.29) is 0 Å². The van der Waals surface area contributed by atoms with Crippen molar-refractivity contribution in [1.29, 1.82) is 0 Å². The molecule has 0 aliphatic carbocycles. The van der Waals surface area contributed by atoms with Crippen LogP contribution in [0.25, 0.3) is 0 Å². The van der Waals surface area contributed by atoms with E-state index in [2.05, 4.69) is 56.0 Å². The highest BCUT2D eigenvalue weighted by Crippen LogP contribution is 2.30. The van der Waals surface area contributed by atoms with E-state index in [0.717, 1.165) is 18.5 Å². The second-order valence-electron chi connectivity index (χ2n) is 6.63. The van der Waals surface area contributed by atoms with Crippen molar-refractivity contribution in [3.8, 4) is 0 Å². The van der Waals surface area contributed by atoms with E-state index < -0.39 is 0 Å². The molecule has 2 N–H and O–H groups in total. The molecule has 1 fully saturated rings. The maximum absolute atomic E-state index is 6.10. The van der Waals surface area contributed by atoms with E-state index in [1.54, 1.807) is 0 Å². The second kappa shape index (κ2) is 7.24. The topological polar surface area (TPSA) is 29.3 Å². The molecule has 3 unspecified atom stereocenters. The third-order valence-electron chi connectivity index (χ3n) is 4.85. The molecule has 0 spiro atoms. The highest BCUT2D eigenvalue weighted by Gasteiger charge is 2.32. The molecule has 2 heteroatoms.